The summed E-state index contributed by atoms with van der Waals surface area (Å²) in [6.45, 7) is 2.17. The Bertz CT molecular complexity index is 2810. The van der Waals surface area contributed by atoms with Crippen molar-refractivity contribution in [2.75, 3.05) is 0 Å². The largest absolute Gasteiger partial charge is 0.296 e. The SMILES string of the molecule is CCc1nc2ccccc2n1-c1ccc(-c2ccc3cc4c(cc3c2)C2(c3ccccc3-c3ccccc32)c2cc3ccccc3cc2-4)cc1. The topological polar surface area (TPSA) is 17.8 Å². The van der Waals surface area contributed by atoms with Crippen LogP contribution in [0.15, 0.2) is 164 Å². The minimum atomic E-state index is -0.377. The van der Waals surface area contributed by atoms with Gasteiger partial charge in [0.25, 0.3) is 0 Å². The molecule has 2 heteroatoms. The van der Waals surface area contributed by atoms with Crippen LogP contribution in [0.1, 0.15) is 35.0 Å². The Morgan fingerprint density at radius 2 is 1.02 bits per heavy atom. The first kappa shape index (κ1) is 27.7. The van der Waals surface area contributed by atoms with Gasteiger partial charge in [-0.25, -0.2) is 4.98 Å². The number of para-hydroxylation sites is 2. The molecule has 8 aromatic carbocycles. The van der Waals surface area contributed by atoms with Gasteiger partial charge in [-0.1, -0.05) is 116 Å². The highest BCUT2D eigenvalue weighted by Crippen LogP contribution is 2.63. The van der Waals surface area contributed by atoms with E-state index < -0.39 is 0 Å². The molecule has 0 saturated carbocycles. The van der Waals surface area contributed by atoms with Crippen molar-refractivity contribution in [1.82, 2.24) is 9.55 Å². The molecule has 234 valence electrons. The molecule has 1 spiro atoms. The highest BCUT2D eigenvalue weighted by Gasteiger charge is 2.51. The van der Waals surface area contributed by atoms with Crippen molar-refractivity contribution in [3.8, 4) is 39.1 Å². The maximum Gasteiger partial charge on any atom is 0.114 e. The molecule has 0 fully saturated rings. The van der Waals surface area contributed by atoms with Crippen molar-refractivity contribution >= 4 is 32.6 Å². The lowest BCUT2D eigenvalue weighted by atomic mass is 9.70. The molecule has 2 aliphatic carbocycles. The molecule has 0 saturated heterocycles. The molecule has 2 nitrogen and oxygen atoms in total. The molecule has 0 aliphatic heterocycles. The third-order valence-corrected chi connectivity index (χ3v) is 11.3. The summed E-state index contributed by atoms with van der Waals surface area (Å²) < 4.78 is 2.29. The van der Waals surface area contributed by atoms with E-state index in [1.54, 1.807) is 0 Å². The zero-order valence-electron chi connectivity index (χ0n) is 27.7. The van der Waals surface area contributed by atoms with Crippen LogP contribution in [0.2, 0.25) is 0 Å². The van der Waals surface area contributed by atoms with Crippen LogP contribution < -0.4 is 0 Å². The van der Waals surface area contributed by atoms with Crippen LogP contribution in [0.25, 0.3) is 71.6 Å². The van der Waals surface area contributed by atoms with Gasteiger partial charge in [0, 0.05) is 12.1 Å². The van der Waals surface area contributed by atoms with Crippen molar-refractivity contribution in [2.45, 2.75) is 18.8 Å². The Morgan fingerprint density at radius 3 is 1.72 bits per heavy atom. The van der Waals surface area contributed by atoms with E-state index in [4.69, 9.17) is 4.98 Å². The van der Waals surface area contributed by atoms with Crippen molar-refractivity contribution in [3.63, 3.8) is 0 Å². The molecule has 0 unspecified atom stereocenters. The Hall–Kier alpha value is -6.25. The van der Waals surface area contributed by atoms with Gasteiger partial charge in [0.1, 0.15) is 5.82 Å². The third-order valence-electron chi connectivity index (χ3n) is 11.3. The molecule has 0 N–H and O–H groups in total. The van der Waals surface area contributed by atoms with Crippen LogP contribution in [0.5, 0.6) is 0 Å². The maximum absolute atomic E-state index is 4.90. The predicted molar refractivity (Wildman–Crippen MR) is 207 cm³/mol. The number of fused-ring (bicyclic) bond motifs is 13. The lowest BCUT2D eigenvalue weighted by Crippen LogP contribution is -2.25. The Morgan fingerprint density at radius 1 is 0.460 bits per heavy atom. The number of hydrogen-bond donors (Lipinski definition) is 0. The van der Waals surface area contributed by atoms with E-state index in [9.17, 15) is 0 Å². The first-order chi connectivity index (χ1) is 24.7. The van der Waals surface area contributed by atoms with Gasteiger partial charge in [-0.3, -0.25) is 4.57 Å². The second-order valence-corrected chi connectivity index (χ2v) is 13.8. The van der Waals surface area contributed by atoms with E-state index in [0.717, 1.165) is 29.0 Å². The third kappa shape index (κ3) is 3.60. The average molecular weight is 637 g/mol. The predicted octanol–water partition coefficient (Wildman–Crippen LogP) is 11.9. The molecular formula is C48H32N2. The van der Waals surface area contributed by atoms with Crippen LogP contribution in [-0.4, -0.2) is 9.55 Å². The second-order valence-electron chi connectivity index (χ2n) is 13.8. The van der Waals surface area contributed by atoms with Crippen LogP contribution in [0, 0.1) is 0 Å². The number of rotatable bonds is 3. The maximum atomic E-state index is 4.90. The number of nitrogens with zero attached hydrogens (tertiary/aromatic N) is 2. The monoisotopic (exact) mass is 636 g/mol. The highest BCUT2D eigenvalue weighted by atomic mass is 15.1. The first-order valence-corrected chi connectivity index (χ1v) is 17.6. The number of hydrogen-bond acceptors (Lipinski definition) is 1. The minimum absolute atomic E-state index is 0.377. The summed E-state index contributed by atoms with van der Waals surface area (Å²) in [5, 5.41) is 5.09. The number of aryl methyl sites for hydroxylation is 1. The lowest BCUT2D eigenvalue weighted by molar-refractivity contribution is 0.796. The molecule has 0 amide bonds. The summed E-state index contributed by atoms with van der Waals surface area (Å²) in [5.74, 6) is 1.08. The summed E-state index contributed by atoms with van der Waals surface area (Å²) in [5.41, 5.74) is 16.2. The van der Waals surface area contributed by atoms with E-state index in [1.165, 1.54) is 77.2 Å². The van der Waals surface area contributed by atoms with Crippen LogP contribution in [-0.2, 0) is 11.8 Å². The summed E-state index contributed by atoms with van der Waals surface area (Å²) in [6, 6.07) is 61.1. The van der Waals surface area contributed by atoms with Gasteiger partial charge in [-0.05, 0) is 132 Å². The lowest BCUT2D eigenvalue weighted by Gasteiger charge is -2.30. The van der Waals surface area contributed by atoms with E-state index in [2.05, 4.69) is 175 Å². The fourth-order valence-electron chi connectivity index (χ4n) is 9.15. The summed E-state index contributed by atoms with van der Waals surface area (Å²) in [6.07, 6.45) is 0.877. The van der Waals surface area contributed by atoms with Crippen molar-refractivity contribution in [2.24, 2.45) is 0 Å². The molecule has 1 aromatic heterocycles. The van der Waals surface area contributed by atoms with Gasteiger partial charge in [0.05, 0.1) is 16.4 Å². The van der Waals surface area contributed by atoms with Crippen molar-refractivity contribution in [1.29, 1.82) is 0 Å². The van der Waals surface area contributed by atoms with Crippen LogP contribution >= 0.6 is 0 Å². The number of imidazole rings is 1. The van der Waals surface area contributed by atoms with E-state index in [1.807, 2.05) is 0 Å². The summed E-state index contributed by atoms with van der Waals surface area (Å²) >= 11 is 0. The van der Waals surface area contributed by atoms with Crippen molar-refractivity contribution in [3.05, 3.63) is 192 Å². The summed E-state index contributed by atoms with van der Waals surface area (Å²) in [7, 11) is 0. The molecule has 0 atom stereocenters. The molecule has 0 radical (unpaired) electrons. The first-order valence-electron chi connectivity index (χ1n) is 17.6. The molecular weight excluding hydrogens is 605 g/mol. The van der Waals surface area contributed by atoms with E-state index >= 15 is 0 Å². The van der Waals surface area contributed by atoms with Crippen LogP contribution in [0.4, 0.5) is 0 Å². The Balaban J connectivity index is 1.11. The molecule has 50 heavy (non-hydrogen) atoms. The van der Waals surface area contributed by atoms with E-state index in [-0.39, 0.29) is 5.41 Å². The molecule has 2 aliphatic rings. The average Bonchev–Trinajstić information content (AvgIpc) is 3.79. The molecule has 11 rings (SSSR count). The zero-order chi connectivity index (χ0) is 33.0. The quantitative estimate of drug-likeness (QED) is 0.189. The number of benzene rings is 8. The second kappa shape index (κ2) is 10.1. The molecule has 0 bridgehead atoms. The zero-order valence-corrected chi connectivity index (χ0v) is 27.7. The smallest absolute Gasteiger partial charge is 0.114 e. The van der Waals surface area contributed by atoms with Gasteiger partial charge >= 0.3 is 0 Å². The van der Waals surface area contributed by atoms with Gasteiger partial charge in [-0.15, -0.1) is 0 Å². The Labute approximate surface area is 290 Å². The molecule has 1 heterocycles. The fourth-order valence-corrected chi connectivity index (χ4v) is 9.15. The van der Waals surface area contributed by atoms with Gasteiger partial charge < -0.3 is 0 Å². The standard InChI is InChI=1S/C48H32N2/c1-2-47-49-45-17-9-10-18-46(45)50(47)36-23-21-30(22-24-36)33-19-20-34-27-40-39-26-31-11-3-4-12-32(31)28-43(39)48(44(40)29-35(34)25-33)41-15-7-5-13-37(41)38-14-6-8-16-42(38)48/h3-29H,2H2,1H3. The molecule has 9 aromatic rings. The van der Waals surface area contributed by atoms with Gasteiger partial charge in [0.15, 0.2) is 0 Å². The fraction of sp³-hybridized carbons (Fsp3) is 0.0625. The number of aromatic nitrogens is 2. The van der Waals surface area contributed by atoms with Gasteiger partial charge in [0.2, 0.25) is 0 Å². The summed E-state index contributed by atoms with van der Waals surface area (Å²) in [4.78, 5) is 4.90. The minimum Gasteiger partial charge on any atom is -0.296 e. The Kier molecular flexibility index (Phi) is 5.61. The van der Waals surface area contributed by atoms with Crippen LogP contribution in [0.3, 0.4) is 0 Å². The normalized spacial score (nSPS) is 13.5. The van der Waals surface area contributed by atoms with Crippen molar-refractivity contribution < 1.29 is 0 Å². The highest BCUT2D eigenvalue weighted by molar-refractivity contribution is 6.03. The van der Waals surface area contributed by atoms with Gasteiger partial charge in [-0.2, -0.15) is 0 Å². The van der Waals surface area contributed by atoms with E-state index in [0.29, 0.717) is 0 Å².